The second-order valence-electron chi connectivity index (χ2n) is 6.25. The van der Waals surface area contributed by atoms with Gasteiger partial charge >= 0.3 is 0 Å². The van der Waals surface area contributed by atoms with Crippen LogP contribution < -0.4 is 0 Å². The molecule has 1 fully saturated rings. The minimum atomic E-state index is 0.236. The summed E-state index contributed by atoms with van der Waals surface area (Å²) in [5.74, 6) is 0.922. The van der Waals surface area contributed by atoms with Gasteiger partial charge in [0, 0.05) is 11.6 Å². The van der Waals surface area contributed by atoms with E-state index in [1.165, 1.54) is 25.7 Å². The number of Topliss-reactive ketones (excluding diaryl/α,β-unsaturated/α-hetero) is 1. The Labute approximate surface area is 148 Å². The largest absolute Gasteiger partial charge is 0.293 e. The third kappa shape index (κ3) is 5.15. The second kappa shape index (κ2) is 8.23. The van der Waals surface area contributed by atoms with E-state index >= 15 is 0 Å². The van der Waals surface area contributed by atoms with Crippen LogP contribution in [0.1, 0.15) is 56.3 Å². The number of ketones is 1. The van der Waals surface area contributed by atoms with Gasteiger partial charge in [-0.3, -0.25) is 9.69 Å². The van der Waals surface area contributed by atoms with Crippen molar-refractivity contribution in [2.24, 2.45) is 5.92 Å². The standard InChI is InChI=1S/C16H23Br2NOS/c1-11(2)7-8-19(12-5-3-4-6-12)10-14(20)13-9-15(17)21-16(13)18/h9,11-12H,3-8,10H2,1-2H3. The Bertz CT molecular complexity index is 481. The van der Waals surface area contributed by atoms with Crippen LogP contribution in [0.25, 0.3) is 0 Å². The van der Waals surface area contributed by atoms with E-state index in [0.717, 1.165) is 26.1 Å². The third-order valence-corrected chi connectivity index (χ3v) is 6.48. The van der Waals surface area contributed by atoms with Crippen LogP contribution in [0, 0.1) is 5.92 Å². The summed E-state index contributed by atoms with van der Waals surface area (Å²) in [6, 6.07) is 2.54. The lowest BCUT2D eigenvalue weighted by Gasteiger charge is -2.28. The van der Waals surface area contributed by atoms with Gasteiger partial charge in [0.25, 0.3) is 0 Å². The number of thiophene rings is 1. The van der Waals surface area contributed by atoms with Gasteiger partial charge in [-0.25, -0.2) is 0 Å². The lowest BCUT2D eigenvalue weighted by Crippen LogP contribution is -2.38. The van der Waals surface area contributed by atoms with E-state index in [1.54, 1.807) is 11.3 Å². The van der Waals surface area contributed by atoms with E-state index in [2.05, 4.69) is 50.6 Å². The zero-order valence-corrected chi connectivity index (χ0v) is 16.7. The number of rotatable bonds is 7. The van der Waals surface area contributed by atoms with Crippen LogP contribution in [0.2, 0.25) is 0 Å². The predicted octanol–water partition coefficient (Wildman–Crippen LogP) is 5.75. The molecule has 0 bridgehead atoms. The molecule has 0 aliphatic heterocycles. The van der Waals surface area contributed by atoms with E-state index in [0.29, 0.717) is 18.5 Å². The topological polar surface area (TPSA) is 20.3 Å². The van der Waals surface area contributed by atoms with E-state index in [9.17, 15) is 4.79 Å². The van der Waals surface area contributed by atoms with E-state index < -0.39 is 0 Å². The first-order valence-electron chi connectivity index (χ1n) is 7.69. The van der Waals surface area contributed by atoms with Gasteiger partial charge in [0.05, 0.1) is 14.1 Å². The molecule has 1 aliphatic rings. The highest BCUT2D eigenvalue weighted by atomic mass is 79.9. The minimum Gasteiger partial charge on any atom is -0.293 e. The Hall–Kier alpha value is 0.290. The maximum Gasteiger partial charge on any atom is 0.178 e. The summed E-state index contributed by atoms with van der Waals surface area (Å²) >= 11 is 8.53. The number of hydrogen-bond acceptors (Lipinski definition) is 3. The van der Waals surface area contributed by atoms with Crippen LogP contribution >= 0.6 is 43.2 Å². The van der Waals surface area contributed by atoms with Crippen molar-refractivity contribution in [3.05, 3.63) is 19.2 Å². The summed E-state index contributed by atoms with van der Waals surface area (Å²) in [7, 11) is 0. The number of hydrogen-bond donors (Lipinski definition) is 0. The van der Waals surface area contributed by atoms with Crippen molar-refractivity contribution in [2.45, 2.75) is 52.0 Å². The van der Waals surface area contributed by atoms with Crippen LogP contribution in [-0.2, 0) is 0 Å². The van der Waals surface area contributed by atoms with Crippen LogP contribution in [-0.4, -0.2) is 29.8 Å². The summed E-state index contributed by atoms with van der Waals surface area (Å²) in [5.41, 5.74) is 0.819. The highest BCUT2D eigenvalue weighted by Gasteiger charge is 2.25. The minimum absolute atomic E-state index is 0.236. The van der Waals surface area contributed by atoms with Crippen LogP contribution in [0.15, 0.2) is 13.6 Å². The monoisotopic (exact) mass is 435 g/mol. The van der Waals surface area contributed by atoms with Gasteiger partial charge in [0.1, 0.15) is 0 Å². The van der Waals surface area contributed by atoms with Crippen molar-refractivity contribution in [3.8, 4) is 0 Å². The van der Waals surface area contributed by atoms with Crippen LogP contribution in [0.5, 0.6) is 0 Å². The highest BCUT2D eigenvalue weighted by Crippen LogP contribution is 2.32. The zero-order valence-electron chi connectivity index (χ0n) is 12.7. The molecule has 1 saturated carbocycles. The summed E-state index contributed by atoms with van der Waals surface area (Å²) in [5, 5.41) is 0. The molecule has 1 aliphatic carbocycles. The maximum atomic E-state index is 12.6. The van der Waals surface area contributed by atoms with E-state index in [-0.39, 0.29) is 5.78 Å². The second-order valence-corrected chi connectivity index (χ2v) is 10.0. The summed E-state index contributed by atoms with van der Waals surface area (Å²) in [6.07, 6.45) is 6.29. The van der Waals surface area contributed by atoms with Crippen LogP contribution in [0.4, 0.5) is 0 Å². The molecule has 1 aromatic heterocycles. The van der Waals surface area contributed by atoms with Crippen molar-refractivity contribution >= 4 is 49.0 Å². The molecule has 0 saturated heterocycles. The predicted molar refractivity (Wildman–Crippen MR) is 97.3 cm³/mol. The lowest BCUT2D eigenvalue weighted by molar-refractivity contribution is 0.0885. The Morgan fingerprint density at radius 1 is 1.38 bits per heavy atom. The smallest absolute Gasteiger partial charge is 0.178 e. The Morgan fingerprint density at radius 2 is 2.05 bits per heavy atom. The molecule has 0 amide bonds. The first-order chi connectivity index (χ1) is 9.97. The number of carbonyl (C=O) groups is 1. The first kappa shape index (κ1) is 17.6. The quantitative estimate of drug-likeness (QED) is 0.507. The molecule has 0 unspecified atom stereocenters. The van der Waals surface area contributed by atoms with Gasteiger partial charge < -0.3 is 0 Å². The normalized spacial score (nSPS) is 16.3. The molecular weight excluding hydrogens is 414 g/mol. The molecule has 0 spiro atoms. The molecule has 0 radical (unpaired) electrons. The van der Waals surface area contributed by atoms with Crippen molar-refractivity contribution < 1.29 is 4.79 Å². The van der Waals surface area contributed by atoms with Gasteiger partial charge in [-0.1, -0.05) is 26.7 Å². The Balaban J connectivity index is 2.02. The molecule has 2 rings (SSSR count). The van der Waals surface area contributed by atoms with E-state index in [1.807, 2.05) is 6.07 Å². The molecule has 21 heavy (non-hydrogen) atoms. The maximum absolute atomic E-state index is 12.6. The van der Waals surface area contributed by atoms with Crippen molar-refractivity contribution in [1.29, 1.82) is 0 Å². The van der Waals surface area contributed by atoms with Gasteiger partial charge in [-0.2, -0.15) is 0 Å². The van der Waals surface area contributed by atoms with Crippen LogP contribution in [0.3, 0.4) is 0 Å². The summed E-state index contributed by atoms with van der Waals surface area (Å²) < 4.78 is 1.95. The fourth-order valence-corrected chi connectivity index (χ4v) is 5.74. The molecule has 118 valence electrons. The van der Waals surface area contributed by atoms with Crippen molar-refractivity contribution in [2.75, 3.05) is 13.1 Å². The molecule has 1 aromatic rings. The molecule has 2 nitrogen and oxygen atoms in total. The van der Waals surface area contributed by atoms with Gasteiger partial charge in [-0.05, 0) is 69.7 Å². The Morgan fingerprint density at radius 3 is 2.57 bits per heavy atom. The number of nitrogens with zero attached hydrogens (tertiary/aromatic N) is 1. The fourth-order valence-electron chi connectivity index (χ4n) is 2.88. The van der Waals surface area contributed by atoms with E-state index in [4.69, 9.17) is 0 Å². The molecular formula is C16H23Br2NOS. The van der Waals surface area contributed by atoms with Gasteiger partial charge in [0.2, 0.25) is 0 Å². The summed E-state index contributed by atoms with van der Waals surface area (Å²) in [6.45, 7) is 6.10. The van der Waals surface area contributed by atoms with Gasteiger partial charge in [0.15, 0.2) is 5.78 Å². The Kier molecular flexibility index (Phi) is 6.91. The lowest BCUT2D eigenvalue weighted by atomic mass is 10.1. The summed E-state index contributed by atoms with van der Waals surface area (Å²) in [4.78, 5) is 15.0. The zero-order chi connectivity index (χ0) is 15.4. The average Bonchev–Trinajstić information content (AvgIpc) is 3.03. The number of carbonyl (C=O) groups excluding carboxylic acids is 1. The molecule has 0 N–H and O–H groups in total. The molecule has 0 aromatic carbocycles. The van der Waals surface area contributed by atoms with Gasteiger partial charge in [-0.15, -0.1) is 11.3 Å². The SMILES string of the molecule is CC(C)CCN(CC(=O)c1cc(Br)sc1Br)C1CCCC1. The number of halogens is 2. The molecule has 1 heterocycles. The average molecular weight is 437 g/mol. The molecule has 0 atom stereocenters. The molecule has 5 heteroatoms. The first-order valence-corrected chi connectivity index (χ1v) is 10.1. The third-order valence-electron chi connectivity index (χ3n) is 4.14. The van der Waals surface area contributed by atoms with Crippen molar-refractivity contribution in [3.63, 3.8) is 0 Å². The highest BCUT2D eigenvalue weighted by molar-refractivity contribution is 9.12. The van der Waals surface area contributed by atoms with Crippen molar-refractivity contribution in [1.82, 2.24) is 4.90 Å². The fraction of sp³-hybridized carbons (Fsp3) is 0.688.